The van der Waals surface area contributed by atoms with E-state index in [1.807, 2.05) is 23.1 Å². The second-order valence-electron chi connectivity index (χ2n) is 6.01. The highest BCUT2D eigenvalue weighted by atomic mass is 16.2. The Kier molecular flexibility index (Phi) is 2.80. The third-order valence-electron chi connectivity index (χ3n) is 4.40. The van der Waals surface area contributed by atoms with Crippen molar-refractivity contribution < 1.29 is 4.79 Å². The molecule has 0 spiro atoms. The number of aryl methyl sites for hydroxylation is 1. The van der Waals surface area contributed by atoms with Gasteiger partial charge in [-0.2, -0.15) is 0 Å². The molecular weight excluding hydrogens is 264 g/mol. The van der Waals surface area contributed by atoms with Gasteiger partial charge in [0.25, 0.3) is 5.91 Å². The molecule has 1 fully saturated rings. The molecular formula is C16H18N4O. The Labute approximate surface area is 123 Å². The molecule has 0 saturated heterocycles. The lowest BCUT2D eigenvalue weighted by molar-refractivity contribution is 0.0965. The van der Waals surface area contributed by atoms with Crippen LogP contribution in [0.2, 0.25) is 0 Å². The van der Waals surface area contributed by atoms with Crippen LogP contribution < -0.4 is 4.90 Å². The van der Waals surface area contributed by atoms with Crippen LogP contribution in [-0.2, 0) is 6.42 Å². The topological polar surface area (TPSA) is 61.9 Å². The van der Waals surface area contributed by atoms with Crippen LogP contribution in [0.25, 0.3) is 0 Å². The SMILES string of the molecule is CC1CCc2ccccc2N1C(=O)c1n[nH]c(C2CC2)n1. The summed E-state index contributed by atoms with van der Waals surface area (Å²) >= 11 is 0. The van der Waals surface area contributed by atoms with Gasteiger partial charge in [0.05, 0.1) is 0 Å². The molecule has 0 radical (unpaired) electrons. The van der Waals surface area contributed by atoms with Crippen molar-refractivity contribution in [2.24, 2.45) is 0 Å². The number of hydrogen-bond acceptors (Lipinski definition) is 3. The lowest BCUT2D eigenvalue weighted by atomic mass is 9.96. The summed E-state index contributed by atoms with van der Waals surface area (Å²) in [4.78, 5) is 19.1. The highest BCUT2D eigenvalue weighted by Gasteiger charge is 2.33. The van der Waals surface area contributed by atoms with Gasteiger partial charge in [0.2, 0.25) is 5.82 Å². The Morgan fingerprint density at radius 2 is 2.10 bits per heavy atom. The summed E-state index contributed by atoms with van der Waals surface area (Å²) in [6.45, 7) is 2.09. The molecule has 5 nitrogen and oxygen atoms in total. The molecule has 1 aliphatic carbocycles. The number of amides is 1. The van der Waals surface area contributed by atoms with Crippen LogP contribution in [0, 0.1) is 0 Å². The number of benzene rings is 1. The van der Waals surface area contributed by atoms with Crippen molar-refractivity contribution in [3.05, 3.63) is 41.5 Å². The van der Waals surface area contributed by atoms with E-state index >= 15 is 0 Å². The van der Waals surface area contributed by atoms with Gasteiger partial charge < -0.3 is 4.90 Å². The minimum Gasteiger partial charge on any atom is -0.303 e. The van der Waals surface area contributed by atoms with E-state index < -0.39 is 0 Å². The van der Waals surface area contributed by atoms with E-state index in [1.54, 1.807) is 0 Å². The van der Waals surface area contributed by atoms with E-state index in [2.05, 4.69) is 28.2 Å². The molecule has 1 amide bonds. The van der Waals surface area contributed by atoms with Gasteiger partial charge in [0.1, 0.15) is 5.82 Å². The molecule has 1 aliphatic heterocycles. The zero-order valence-corrected chi connectivity index (χ0v) is 12.0. The number of hydrogen-bond donors (Lipinski definition) is 1. The van der Waals surface area contributed by atoms with Crippen LogP contribution in [0.3, 0.4) is 0 Å². The van der Waals surface area contributed by atoms with Crippen molar-refractivity contribution in [1.29, 1.82) is 0 Å². The van der Waals surface area contributed by atoms with Gasteiger partial charge >= 0.3 is 0 Å². The number of rotatable bonds is 2. The summed E-state index contributed by atoms with van der Waals surface area (Å²) in [5, 5.41) is 7.05. The number of carbonyl (C=O) groups excluding carboxylic acids is 1. The second kappa shape index (κ2) is 4.69. The maximum absolute atomic E-state index is 12.8. The molecule has 1 N–H and O–H groups in total. The van der Waals surface area contributed by atoms with Crippen LogP contribution in [-0.4, -0.2) is 27.1 Å². The average molecular weight is 282 g/mol. The fourth-order valence-corrected chi connectivity index (χ4v) is 3.01. The van der Waals surface area contributed by atoms with Crippen LogP contribution in [0.5, 0.6) is 0 Å². The van der Waals surface area contributed by atoms with Crippen molar-refractivity contribution in [2.75, 3.05) is 4.90 Å². The number of carbonyl (C=O) groups is 1. The zero-order valence-electron chi connectivity index (χ0n) is 12.0. The molecule has 1 aromatic carbocycles. The number of fused-ring (bicyclic) bond motifs is 1. The standard InChI is InChI=1S/C16H18N4O/c1-10-6-7-11-4-2-3-5-13(11)20(10)16(21)15-17-14(18-19-15)12-8-9-12/h2-5,10,12H,6-9H2,1H3,(H,17,18,19). The Bertz CT molecular complexity index is 689. The molecule has 21 heavy (non-hydrogen) atoms. The first kappa shape index (κ1) is 12.6. The van der Waals surface area contributed by atoms with E-state index in [1.165, 1.54) is 5.56 Å². The maximum atomic E-state index is 12.8. The number of H-pyrrole nitrogens is 1. The van der Waals surface area contributed by atoms with Crippen LogP contribution in [0.15, 0.2) is 24.3 Å². The van der Waals surface area contributed by atoms with Gasteiger partial charge in [0.15, 0.2) is 0 Å². The Balaban J connectivity index is 1.69. The van der Waals surface area contributed by atoms with E-state index in [4.69, 9.17) is 0 Å². The van der Waals surface area contributed by atoms with Gasteiger partial charge in [-0.1, -0.05) is 18.2 Å². The number of nitrogens with one attached hydrogen (secondary N) is 1. The largest absolute Gasteiger partial charge is 0.303 e. The molecule has 1 atom stereocenters. The normalized spacial score (nSPS) is 21.2. The van der Waals surface area contributed by atoms with Gasteiger partial charge in [-0.15, -0.1) is 5.10 Å². The van der Waals surface area contributed by atoms with Crippen LogP contribution >= 0.6 is 0 Å². The first-order valence-electron chi connectivity index (χ1n) is 7.58. The summed E-state index contributed by atoms with van der Waals surface area (Å²) < 4.78 is 0. The molecule has 1 saturated carbocycles. The van der Waals surface area contributed by atoms with E-state index in [0.717, 1.165) is 37.2 Å². The van der Waals surface area contributed by atoms with Crippen molar-refractivity contribution in [3.63, 3.8) is 0 Å². The predicted molar refractivity (Wildman–Crippen MR) is 79.4 cm³/mol. The highest BCUT2D eigenvalue weighted by molar-refractivity contribution is 6.04. The number of nitrogens with zero attached hydrogens (tertiary/aromatic N) is 3. The molecule has 1 unspecified atom stereocenters. The molecule has 4 rings (SSSR count). The first-order valence-corrected chi connectivity index (χ1v) is 7.58. The van der Waals surface area contributed by atoms with Crippen LogP contribution in [0.1, 0.15) is 54.1 Å². The molecule has 1 aromatic heterocycles. The molecule has 2 aromatic rings. The Morgan fingerprint density at radius 3 is 2.90 bits per heavy atom. The highest BCUT2D eigenvalue weighted by Crippen LogP contribution is 2.38. The number of aromatic nitrogens is 3. The number of anilines is 1. The fourth-order valence-electron chi connectivity index (χ4n) is 3.01. The van der Waals surface area contributed by atoms with Crippen molar-refractivity contribution in [2.45, 2.75) is 44.6 Å². The van der Waals surface area contributed by atoms with E-state index in [9.17, 15) is 4.79 Å². The van der Waals surface area contributed by atoms with Crippen molar-refractivity contribution >= 4 is 11.6 Å². The van der Waals surface area contributed by atoms with Gasteiger partial charge in [-0.3, -0.25) is 9.89 Å². The molecule has 2 heterocycles. The molecule has 108 valence electrons. The van der Waals surface area contributed by atoms with Crippen LogP contribution in [0.4, 0.5) is 5.69 Å². The maximum Gasteiger partial charge on any atom is 0.298 e. The lowest BCUT2D eigenvalue weighted by Crippen LogP contribution is -2.42. The van der Waals surface area contributed by atoms with Crippen molar-refractivity contribution in [3.8, 4) is 0 Å². The fraction of sp³-hybridized carbons (Fsp3) is 0.438. The molecule has 5 heteroatoms. The average Bonchev–Trinajstić information content (AvgIpc) is 3.24. The summed E-state index contributed by atoms with van der Waals surface area (Å²) in [5.74, 6) is 1.53. The summed E-state index contributed by atoms with van der Waals surface area (Å²) in [6, 6.07) is 8.28. The predicted octanol–water partition coefficient (Wildman–Crippen LogP) is 2.66. The zero-order chi connectivity index (χ0) is 14.4. The van der Waals surface area contributed by atoms with Gasteiger partial charge in [0, 0.05) is 17.6 Å². The minimum atomic E-state index is -0.0993. The van der Waals surface area contributed by atoms with Gasteiger partial charge in [-0.05, 0) is 44.2 Å². The Morgan fingerprint density at radius 1 is 1.29 bits per heavy atom. The molecule has 2 aliphatic rings. The summed E-state index contributed by atoms with van der Waals surface area (Å²) in [7, 11) is 0. The number of aromatic amines is 1. The third-order valence-corrected chi connectivity index (χ3v) is 4.40. The third kappa shape index (κ3) is 2.13. The molecule has 0 bridgehead atoms. The van der Waals surface area contributed by atoms with Crippen molar-refractivity contribution in [1.82, 2.24) is 15.2 Å². The minimum absolute atomic E-state index is 0.0993. The second-order valence-corrected chi connectivity index (χ2v) is 6.01. The first-order chi connectivity index (χ1) is 10.2. The quantitative estimate of drug-likeness (QED) is 0.921. The van der Waals surface area contributed by atoms with E-state index in [-0.39, 0.29) is 11.9 Å². The smallest absolute Gasteiger partial charge is 0.298 e. The summed E-state index contributed by atoms with van der Waals surface area (Å²) in [5.41, 5.74) is 2.22. The number of para-hydroxylation sites is 1. The lowest BCUT2D eigenvalue weighted by Gasteiger charge is -2.34. The Hall–Kier alpha value is -2.17. The van der Waals surface area contributed by atoms with Gasteiger partial charge in [-0.25, -0.2) is 4.98 Å². The van der Waals surface area contributed by atoms with E-state index in [0.29, 0.717) is 11.7 Å². The summed E-state index contributed by atoms with van der Waals surface area (Å²) in [6.07, 6.45) is 4.28. The monoisotopic (exact) mass is 282 g/mol.